The fraction of sp³-hybridized carbons (Fsp3) is 0.391. The quantitative estimate of drug-likeness (QED) is 0.616. The van der Waals surface area contributed by atoms with Crippen LogP contribution in [0.3, 0.4) is 0 Å². The highest BCUT2D eigenvalue weighted by Gasteiger charge is 2.30. The maximum Gasteiger partial charge on any atom is 0.338 e. The molecule has 0 radical (unpaired) electrons. The lowest BCUT2D eigenvalue weighted by molar-refractivity contribution is 0.0526. The molecule has 0 aliphatic carbocycles. The van der Waals surface area contributed by atoms with Crippen LogP contribution in [-0.4, -0.2) is 75.6 Å². The number of nitrogens with one attached hydrogen (secondary N) is 1. The van der Waals surface area contributed by atoms with Gasteiger partial charge in [0.15, 0.2) is 11.5 Å². The molecule has 2 aromatic rings. The molecule has 2 amide bonds. The van der Waals surface area contributed by atoms with Gasteiger partial charge in [-0.25, -0.2) is 18.0 Å². The number of benzene rings is 2. The lowest BCUT2D eigenvalue weighted by Gasteiger charge is -2.34. The van der Waals surface area contributed by atoms with Crippen molar-refractivity contribution in [1.29, 1.82) is 0 Å². The number of hydrogen-bond donors (Lipinski definition) is 1. The van der Waals surface area contributed by atoms with E-state index in [0.717, 1.165) is 5.56 Å². The summed E-state index contributed by atoms with van der Waals surface area (Å²) in [7, 11) is -3.73. The van der Waals surface area contributed by atoms with Crippen molar-refractivity contribution in [3.8, 4) is 11.5 Å². The van der Waals surface area contributed by atoms with Gasteiger partial charge in [-0.15, -0.1) is 0 Å². The molecule has 0 atom stereocenters. The van der Waals surface area contributed by atoms with Gasteiger partial charge in [0, 0.05) is 32.7 Å². The number of rotatable bonds is 6. The van der Waals surface area contributed by atoms with Gasteiger partial charge in [0.25, 0.3) is 0 Å². The monoisotopic (exact) mass is 489 g/mol. The van der Waals surface area contributed by atoms with Gasteiger partial charge in [0.05, 0.1) is 17.1 Å². The summed E-state index contributed by atoms with van der Waals surface area (Å²) < 4.78 is 43.3. The van der Waals surface area contributed by atoms with Crippen LogP contribution in [0.5, 0.6) is 11.5 Å². The molecule has 1 N–H and O–H groups in total. The SMILES string of the molecule is CCOC(=O)c1ccc(S(=O)(=O)N2CCN(C(=O)NCc3ccc4c(c3)OCCO4)CC2)cc1. The van der Waals surface area contributed by atoms with Crippen LogP contribution in [0.15, 0.2) is 47.4 Å². The maximum atomic E-state index is 13.0. The average Bonchev–Trinajstić information content (AvgIpc) is 2.87. The first-order valence-electron chi connectivity index (χ1n) is 11.1. The van der Waals surface area contributed by atoms with Crippen LogP contribution in [0.2, 0.25) is 0 Å². The average molecular weight is 490 g/mol. The first-order chi connectivity index (χ1) is 16.4. The molecule has 2 aliphatic rings. The Balaban J connectivity index is 1.30. The third kappa shape index (κ3) is 5.26. The van der Waals surface area contributed by atoms with Crippen molar-refractivity contribution >= 4 is 22.0 Å². The number of carbonyl (C=O) groups is 2. The Morgan fingerprint density at radius 1 is 0.971 bits per heavy atom. The number of ether oxygens (including phenoxy) is 3. The maximum absolute atomic E-state index is 13.0. The van der Waals surface area contributed by atoms with Crippen molar-refractivity contribution in [2.45, 2.75) is 18.4 Å². The van der Waals surface area contributed by atoms with Crippen molar-refractivity contribution in [3.63, 3.8) is 0 Å². The van der Waals surface area contributed by atoms with E-state index in [4.69, 9.17) is 14.2 Å². The van der Waals surface area contributed by atoms with E-state index in [9.17, 15) is 18.0 Å². The molecule has 0 unspecified atom stereocenters. The second-order valence-corrected chi connectivity index (χ2v) is 9.71. The van der Waals surface area contributed by atoms with Crippen molar-refractivity contribution in [3.05, 3.63) is 53.6 Å². The fourth-order valence-corrected chi connectivity index (χ4v) is 5.17. The summed E-state index contributed by atoms with van der Waals surface area (Å²) in [5.74, 6) is 0.851. The minimum atomic E-state index is -3.73. The van der Waals surface area contributed by atoms with Crippen LogP contribution in [0, 0.1) is 0 Å². The Bertz CT molecular complexity index is 1140. The molecule has 2 heterocycles. The molecule has 2 aromatic carbocycles. The van der Waals surface area contributed by atoms with E-state index in [1.54, 1.807) is 11.8 Å². The van der Waals surface area contributed by atoms with E-state index in [2.05, 4.69) is 5.32 Å². The molecule has 0 spiro atoms. The molecular formula is C23H27N3O7S. The summed E-state index contributed by atoms with van der Waals surface area (Å²) in [6.45, 7) is 4.18. The van der Waals surface area contributed by atoms with Gasteiger partial charge in [0.2, 0.25) is 10.0 Å². The number of urea groups is 1. The van der Waals surface area contributed by atoms with Gasteiger partial charge in [-0.3, -0.25) is 0 Å². The largest absolute Gasteiger partial charge is 0.486 e. The van der Waals surface area contributed by atoms with Crippen molar-refractivity contribution in [1.82, 2.24) is 14.5 Å². The van der Waals surface area contributed by atoms with Crippen molar-refractivity contribution in [2.24, 2.45) is 0 Å². The third-order valence-electron chi connectivity index (χ3n) is 5.58. The highest BCUT2D eigenvalue weighted by Crippen LogP contribution is 2.30. The molecule has 10 nitrogen and oxygen atoms in total. The van der Waals surface area contributed by atoms with Gasteiger partial charge < -0.3 is 24.4 Å². The standard InChI is InChI=1S/C23H27N3O7S/c1-2-31-22(27)18-4-6-19(7-5-18)34(29,30)26-11-9-25(10-12-26)23(28)24-16-17-3-8-20-21(15-17)33-14-13-32-20/h3-8,15H,2,9-14,16H2,1H3,(H,24,28). The number of hydrogen-bond acceptors (Lipinski definition) is 7. The molecule has 1 fully saturated rings. The number of carbonyl (C=O) groups excluding carboxylic acids is 2. The Labute approximate surface area is 198 Å². The number of piperazine rings is 1. The van der Waals surface area contributed by atoms with Gasteiger partial charge in [-0.2, -0.15) is 4.31 Å². The van der Waals surface area contributed by atoms with Gasteiger partial charge in [-0.1, -0.05) is 6.07 Å². The molecule has 0 saturated carbocycles. The fourth-order valence-electron chi connectivity index (χ4n) is 3.75. The Morgan fingerprint density at radius 3 is 2.32 bits per heavy atom. The summed E-state index contributed by atoms with van der Waals surface area (Å²) in [6.07, 6.45) is 0. The second-order valence-electron chi connectivity index (χ2n) is 7.77. The molecule has 4 rings (SSSR count). The predicted octanol–water partition coefficient (Wildman–Crippen LogP) is 1.85. The number of amides is 2. The summed E-state index contributed by atoms with van der Waals surface area (Å²) in [6, 6.07) is 10.9. The molecule has 0 aromatic heterocycles. The molecule has 0 bridgehead atoms. The van der Waals surface area contributed by atoms with Gasteiger partial charge in [-0.05, 0) is 48.9 Å². The van der Waals surface area contributed by atoms with Crippen LogP contribution >= 0.6 is 0 Å². The van der Waals surface area contributed by atoms with E-state index < -0.39 is 16.0 Å². The lowest BCUT2D eigenvalue weighted by Crippen LogP contribution is -2.52. The smallest absolute Gasteiger partial charge is 0.338 e. The molecule has 11 heteroatoms. The topological polar surface area (TPSA) is 114 Å². The van der Waals surface area contributed by atoms with E-state index >= 15 is 0 Å². The number of esters is 1. The zero-order chi connectivity index (χ0) is 24.1. The third-order valence-corrected chi connectivity index (χ3v) is 7.49. The normalized spacial score (nSPS) is 16.1. The predicted molar refractivity (Wildman–Crippen MR) is 122 cm³/mol. The first-order valence-corrected chi connectivity index (χ1v) is 12.5. The van der Waals surface area contributed by atoms with E-state index in [-0.39, 0.29) is 43.7 Å². The first kappa shape index (κ1) is 23.8. The van der Waals surface area contributed by atoms with Crippen LogP contribution in [-0.2, 0) is 21.3 Å². The Kier molecular flexibility index (Phi) is 7.23. The van der Waals surface area contributed by atoms with Crippen LogP contribution < -0.4 is 14.8 Å². The Morgan fingerprint density at radius 2 is 1.65 bits per heavy atom. The Hall–Kier alpha value is -3.31. The van der Waals surface area contributed by atoms with Gasteiger partial charge in [0.1, 0.15) is 13.2 Å². The van der Waals surface area contributed by atoms with E-state index in [1.165, 1.54) is 28.6 Å². The molecule has 1 saturated heterocycles. The van der Waals surface area contributed by atoms with E-state index in [1.807, 2.05) is 18.2 Å². The summed E-state index contributed by atoms with van der Waals surface area (Å²) >= 11 is 0. The highest BCUT2D eigenvalue weighted by molar-refractivity contribution is 7.89. The summed E-state index contributed by atoms with van der Waals surface area (Å²) in [5.41, 5.74) is 1.17. The minimum Gasteiger partial charge on any atom is -0.486 e. The van der Waals surface area contributed by atoms with Crippen molar-refractivity contribution < 1.29 is 32.2 Å². The molecular weight excluding hydrogens is 462 g/mol. The zero-order valence-corrected chi connectivity index (χ0v) is 19.7. The number of fused-ring (bicyclic) bond motifs is 1. The van der Waals surface area contributed by atoms with Crippen LogP contribution in [0.1, 0.15) is 22.8 Å². The number of sulfonamides is 1. The summed E-state index contributed by atoms with van der Waals surface area (Å²) in [5, 5.41) is 2.87. The summed E-state index contributed by atoms with van der Waals surface area (Å²) in [4.78, 5) is 26.1. The van der Waals surface area contributed by atoms with Gasteiger partial charge >= 0.3 is 12.0 Å². The minimum absolute atomic E-state index is 0.0945. The second kappa shape index (κ2) is 10.3. The molecule has 2 aliphatic heterocycles. The lowest BCUT2D eigenvalue weighted by atomic mass is 10.2. The van der Waals surface area contributed by atoms with E-state index in [0.29, 0.717) is 36.8 Å². The van der Waals surface area contributed by atoms with Crippen LogP contribution in [0.25, 0.3) is 0 Å². The van der Waals surface area contributed by atoms with Crippen molar-refractivity contribution in [2.75, 3.05) is 46.0 Å². The molecule has 182 valence electrons. The highest BCUT2D eigenvalue weighted by atomic mass is 32.2. The zero-order valence-electron chi connectivity index (χ0n) is 18.9. The number of nitrogens with zero attached hydrogens (tertiary/aromatic N) is 2. The van der Waals surface area contributed by atoms with Crippen LogP contribution in [0.4, 0.5) is 4.79 Å². The molecule has 34 heavy (non-hydrogen) atoms.